The van der Waals surface area contributed by atoms with Gasteiger partial charge in [0.1, 0.15) is 0 Å². The quantitative estimate of drug-likeness (QED) is 0.0282. The van der Waals surface area contributed by atoms with Crippen molar-refractivity contribution in [1.29, 1.82) is 0 Å². The number of nitrogens with zero attached hydrogens (tertiary/aromatic N) is 3. The van der Waals surface area contributed by atoms with E-state index in [-0.39, 0.29) is 140 Å². The van der Waals surface area contributed by atoms with Gasteiger partial charge in [0.05, 0.1) is 96.0 Å². The molecule has 11 amide bonds. The lowest BCUT2D eigenvalue weighted by molar-refractivity contribution is -0.197. The number of unbranched alkanes of at least 4 members (excludes halogenated alkanes) is 2. The Balaban J connectivity index is 0.000000235. The number of amides is 11. The molecule has 8 aliphatic rings. The minimum atomic E-state index is -0.554. The first-order valence-electron chi connectivity index (χ1n) is 30.4. The highest BCUT2D eigenvalue weighted by Gasteiger charge is 2.45. The van der Waals surface area contributed by atoms with Gasteiger partial charge in [-0.05, 0) is 49.9 Å². The molecule has 2 bridgehead atoms. The number of hydrogen-bond acceptors (Lipinski definition) is 18. The van der Waals surface area contributed by atoms with Crippen molar-refractivity contribution < 1.29 is 71.7 Å². The van der Waals surface area contributed by atoms with Gasteiger partial charge in [0.15, 0.2) is 0 Å². The number of nitrogens with two attached hydrogens (primary N) is 1. The van der Waals surface area contributed by atoms with Crippen LogP contribution < -0.4 is 32.3 Å². The second-order valence-corrected chi connectivity index (χ2v) is 25.3. The van der Waals surface area contributed by atoms with E-state index in [9.17, 15) is 47.9 Å². The minimum Gasteiger partial charge on any atom is -0.378 e. The third kappa shape index (κ3) is 20.9. The molecular formula is C58H95N9O15S2. The van der Waals surface area contributed by atoms with E-state index in [1.54, 1.807) is 0 Å². The summed E-state index contributed by atoms with van der Waals surface area (Å²) in [6, 6.07) is 0.657. The van der Waals surface area contributed by atoms with Gasteiger partial charge in [-0.1, -0.05) is 79.9 Å². The Bertz CT molecular complexity index is 2210. The SMILES string of the molecule is CC1C(=O)N(CCOCCOCCN)C(=O)C(C)C(C)C1C.CC1C(=O)N(CCOCCOCCNC(=O)CCCCC2SCC3NC(=O)NC32)C(=O)C2C=CC1C2.CCC.O=C1NC2CSC(CCCCC(=O)ON3C(=O)CCC3=O)C2N1. The number of fused-ring (bicyclic) bond motifs is 4. The van der Waals surface area contributed by atoms with E-state index < -0.39 is 17.8 Å². The molecule has 26 heteroatoms. The molecule has 0 radical (unpaired) electrons. The molecule has 0 aromatic carbocycles. The zero-order valence-corrected chi connectivity index (χ0v) is 52.0. The maximum Gasteiger partial charge on any atom is 0.333 e. The van der Waals surface area contributed by atoms with Crippen LogP contribution in [-0.4, -0.2) is 199 Å². The molecule has 13 atom stereocenters. The van der Waals surface area contributed by atoms with Crippen LogP contribution >= 0.6 is 23.5 Å². The molecule has 7 heterocycles. The normalized spacial score (nSPS) is 29.3. The average molecular weight is 1220 g/mol. The largest absolute Gasteiger partial charge is 0.378 e. The van der Waals surface area contributed by atoms with Crippen molar-refractivity contribution in [3.63, 3.8) is 0 Å². The number of imide groups is 3. The summed E-state index contributed by atoms with van der Waals surface area (Å²) in [4.78, 5) is 127. The maximum absolute atomic E-state index is 12.6. The first-order valence-corrected chi connectivity index (χ1v) is 32.5. The predicted octanol–water partition coefficient (Wildman–Crippen LogP) is 3.69. The van der Waals surface area contributed by atoms with E-state index >= 15 is 0 Å². The molecule has 7 N–H and O–H groups in total. The summed E-state index contributed by atoms with van der Waals surface area (Å²) in [7, 11) is 0. The van der Waals surface area contributed by atoms with Crippen molar-refractivity contribution >= 4 is 82.9 Å². The molecular weight excluding hydrogens is 1130 g/mol. The topological polar surface area (TPSA) is 313 Å². The zero-order valence-electron chi connectivity index (χ0n) is 50.4. The van der Waals surface area contributed by atoms with Crippen molar-refractivity contribution in [2.45, 2.75) is 160 Å². The molecule has 13 unspecified atom stereocenters. The molecule has 0 aromatic rings. The number of hydrogen-bond donors (Lipinski definition) is 6. The maximum atomic E-state index is 12.6. The molecule has 1 aliphatic carbocycles. The zero-order chi connectivity index (χ0) is 61.3. The Morgan fingerprint density at radius 2 is 1.06 bits per heavy atom. The van der Waals surface area contributed by atoms with Crippen LogP contribution in [0.3, 0.4) is 0 Å². The molecule has 0 saturated carbocycles. The lowest BCUT2D eigenvalue weighted by Gasteiger charge is -2.24. The van der Waals surface area contributed by atoms with Gasteiger partial charge in [0.25, 0.3) is 11.8 Å². The first-order chi connectivity index (χ1) is 40.3. The predicted molar refractivity (Wildman–Crippen MR) is 316 cm³/mol. The number of carbonyl (C=O) groups is 10. The van der Waals surface area contributed by atoms with Gasteiger partial charge in [-0.15, -0.1) is 5.06 Å². The number of ether oxygens (including phenoxy) is 4. The van der Waals surface area contributed by atoms with E-state index in [2.05, 4.69) is 40.4 Å². The molecule has 7 saturated heterocycles. The highest BCUT2D eigenvalue weighted by molar-refractivity contribution is 8.00. The second kappa shape index (κ2) is 36.3. The smallest absolute Gasteiger partial charge is 0.333 e. The van der Waals surface area contributed by atoms with Crippen LogP contribution in [-0.2, 0) is 62.1 Å². The van der Waals surface area contributed by atoms with E-state index in [1.165, 1.54) is 16.2 Å². The number of hydroxylamine groups is 2. The summed E-state index contributed by atoms with van der Waals surface area (Å²) in [6.45, 7) is 18.8. The number of urea groups is 2. The Kier molecular flexibility index (Phi) is 30.2. The first kappa shape index (κ1) is 69.9. The monoisotopic (exact) mass is 1220 g/mol. The minimum absolute atomic E-state index is 0.0206. The average Bonchev–Trinajstić information content (AvgIpc) is 4.52. The Hall–Kier alpha value is -4.86. The summed E-state index contributed by atoms with van der Waals surface area (Å²) >= 11 is 3.72. The lowest BCUT2D eigenvalue weighted by Crippen LogP contribution is -2.43. The summed E-state index contributed by atoms with van der Waals surface area (Å²) in [5.41, 5.74) is 5.31. The number of rotatable bonds is 28. The fourth-order valence-electron chi connectivity index (χ4n) is 11.1. The molecule has 0 aromatic heterocycles. The van der Waals surface area contributed by atoms with Gasteiger partial charge in [-0.2, -0.15) is 23.5 Å². The summed E-state index contributed by atoms with van der Waals surface area (Å²) in [5.74, 6) is -0.0842. The number of likely N-dealkylation sites (tertiary alicyclic amines) is 2. The van der Waals surface area contributed by atoms with Crippen LogP contribution in [0, 0.1) is 41.4 Å². The van der Waals surface area contributed by atoms with E-state index in [4.69, 9.17) is 29.5 Å². The van der Waals surface area contributed by atoms with Crippen molar-refractivity contribution in [3.05, 3.63) is 12.2 Å². The highest BCUT2D eigenvalue weighted by Crippen LogP contribution is 2.37. The third-order valence-electron chi connectivity index (χ3n) is 16.5. The van der Waals surface area contributed by atoms with Gasteiger partial charge >= 0.3 is 18.0 Å². The second-order valence-electron chi connectivity index (χ2n) is 22.7. The van der Waals surface area contributed by atoms with Gasteiger partial charge in [0, 0.05) is 78.5 Å². The lowest BCUT2D eigenvalue weighted by atomic mass is 9.79. The number of nitrogens with one attached hydrogen (secondary N) is 5. The van der Waals surface area contributed by atoms with E-state index in [0.29, 0.717) is 94.3 Å². The van der Waals surface area contributed by atoms with Gasteiger partial charge < -0.3 is 56.1 Å². The molecule has 7 aliphatic heterocycles. The third-order valence-corrected chi connectivity index (χ3v) is 19.6. The van der Waals surface area contributed by atoms with Gasteiger partial charge in [0.2, 0.25) is 29.5 Å². The highest BCUT2D eigenvalue weighted by atomic mass is 32.2. The fourth-order valence-corrected chi connectivity index (χ4v) is 14.2. The summed E-state index contributed by atoms with van der Waals surface area (Å²) in [6.07, 6.45) is 11.9. The summed E-state index contributed by atoms with van der Waals surface area (Å²) < 4.78 is 21.7. The number of thioether (sulfide) groups is 2. The van der Waals surface area contributed by atoms with Crippen molar-refractivity contribution in [3.8, 4) is 0 Å². The van der Waals surface area contributed by atoms with Gasteiger partial charge in [-0.25, -0.2) is 14.4 Å². The molecule has 7 fully saturated rings. The van der Waals surface area contributed by atoms with Gasteiger partial charge in [-0.3, -0.25) is 43.4 Å². The molecule has 24 nitrogen and oxygen atoms in total. The van der Waals surface area contributed by atoms with Crippen molar-refractivity contribution in [2.24, 2.45) is 47.2 Å². The number of allylic oxidation sites excluding steroid dienone is 1. The number of carbonyl (C=O) groups excluding carboxylic acids is 10. The Morgan fingerprint density at radius 1 is 0.595 bits per heavy atom. The fraction of sp³-hybridized carbons (Fsp3) is 0.793. The van der Waals surface area contributed by atoms with Crippen LogP contribution in [0.1, 0.15) is 126 Å². The van der Waals surface area contributed by atoms with Crippen LogP contribution in [0.2, 0.25) is 0 Å². The van der Waals surface area contributed by atoms with E-state index in [1.807, 2.05) is 70.3 Å². The van der Waals surface area contributed by atoms with Crippen LogP contribution in [0.15, 0.2) is 12.2 Å². The molecule has 84 heavy (non-hydrogen) atoms. The van der Waals surface area contributed by atoms with E-state index in [0.717, 1.165) is 50.0 Å². The molecule has 0 spiro atoms. The van der Waals surface area contributed by atoms with Crippen LogP contribution in [0.5, 0.6) is 0 Å². The van der Waals surface area contributed by atoms with Crippen LogP contribution in [0.4, 0.5) is 9.59 Å². The van der Waals surface area contributed by atoms with Crippen molar-refractivity contribution in [2.75, 3.05) is 90.5 Å². The standard InChI is InChI=1S/C25H38N4O6S.C16H30N2O4.C14H19N3O5S.C3H8/c1-16-17-6-7-18(14-17)24(32)29(23(16)31)9-11-35-13-12-34-10-8-26-21(30)5-3-2-4-20-22-19(15-36-20)27-25(33)28-22;1-11-12(2)14(4)16(20)18(15(19)13(11)3)6-8-22-10-9-21-7-5-17;18-10-5-6-11(19)17(10)22-12(20)4-2-1-3-9-13-8(7-23-9)15-14(21)16-13;1-3-2/h6-7,16-20,22H,2-5,8-15H2,1H3,(H,26,30)(H2,27,28,33);11-14H,5-10,17H2,1-4H3;8-9,13H,1-7H2,(H2,15,16,21);3H2,1-2H3. The Morgan fingerprint density at radius 3 is 1.57 bits per heavy atom. The van der Waals surface area contributed by atoms with Crippen molar-refractivity contribution in [1.82, 2.24) is 41.4 Å². The summed E-state index contributed by atoms with van der Waals surface area (Å²) in [5, 5.41) is 16.0. The molecule has 8 rings (SSSR count). The Labute approximate surface area is 504 Å². The molecule has 474 valence electrons. The van der Waals surface area contributed by atoms with Crippen LogP contribution in [0.25, 0.3) is 0 Å².